The summed E-state index contributed by atoms with van der Waals surface area (Å²) in [6, 6.07) is 9.54. The van der Waals surface area contributed by atoms with Gasteiger partial charge in [0, 0.05) is 12.7 Å². The van der Waals surface area contributed by atoms with Gasteiger partial charge in [-0.2, -0.15) is 10.2 Å². The predicted molar refractivity (Wildman–Crippen MR) is 73.2 cm³/mol. The minimum Gasteiger partial charge on any atom is -0.365 e. The summed E-state index contributed by atoms with van der Waals surface area (Å²) in [7, 11) is 0. The maximum Gasteiger partial charge on any atom is 0.224 e. The molecule has 18 heavy (non-hydrogen) atoms. The van der Waals surface area contributed by atoms with Gasteiger partial charge in [0.15, 0.2) is 0 Å². The van der Waals surface area contributed by atoms with E-state index in [1.807, 2.05) is 18.2 Å². The molecule has 0 aliphatic heterocycles. The summed E-state index contributed by atoms with van der Waals surface area (Å²) >= 11 is 9.05. The van der Waals surface area contributed by atoms with E-state index in [9.17, 15) is 0 Å². The Morgan fingerprint density at radius 2 is 2.17 bits per heavy atom. The molecule has 0 fully saturated rings. The van der Waals surface area contributed by atoms with Crippen LogP contribution in [0.25, 0.3) is 0 Å². The molecular formula is C12H8BrClN4. The van der Waals surface area contributed by atoms with Crippen molar-refractivity contribution in [3.05, 3.63) is 51.3 Å². The first kappa shape index (κ1) is 12.8. The summed E-state index contributed by atoms with van der Waals surface area (Å²) in [5.41, 5.74) is 1.54. The number of benzene rings is 1. The van der Waals surface area contributed by atoms with Gasteiger partial charge in [0.05, 0.1) is 16.1 Å². The molecule has 1 aromatic carbocycles. The van der Waals surface area contributed by atoms with Crippen LogP contribution < -0.4 is 5.32 Å². The van der Waals surface area contributed by atoms with Crippen LogP contribution in [0, 0.1) is 11.3 Å². The van der Waals surface area contributed by atoms with E-state index in [1.165, 1.54) is 0 Å². The molecular weight excluding hydrogens is 316 g/mol. The fraction of sp³-hybridized carbons (Fsp3) is 0.0833. The Labute approximate surface area is 118 Å². The van der Waals surface area contributed by atoms with Crippen LogP contribution in [-0.2, 0) is 6.54 Å². The first-order valence-electron chi connectivity index (χ1n) is 5.10. The van der Waals surface area contributed by atoms with E-state index >= 15 is 0 Å². The fourth-order valence-corrected chi connectivity index (χ4v) is 1.90. The lowest BCUT2D eigenvalue weighted by molar-refractivity contribution is 1.07. The lowest BCUT2D eigenvalue weighted by atomic mass is 10.1. The molecule has 0 radical (unpaired) electrons. The van der Waals surface area contributed by atoms with Crippen molar-refractivity contribution in [2.45, 2.75) is 6.54 Å². The summed E-state index contributed by atoms with van der Waals surface area (Å²) < 4.78 is 0.723. The van der Waals surface area contributed by atoms with Crippen LogP contribution >= 0.6 is 27.5 Å². The smallest absolute Gasteiger partial charge is 0.224 e. The fourth-order valence-electron chi connectivity index (χ4n) is 1.43. The number of anilines is 1. The van der Waals surface area contributed by atoms with Gasteiger partial charge < -0.3 is 5.32 Å². The average Bonchev–Trinajstić information content (AvgIpc) is 2.40. The number of hydrogen-bond acceptors (Lipinski definition) is 4. The average molecular weight is 324 g/mol. The highest BCUT2D eigenvalue weighted by atomic mass is 79.9. The van der Waals surface area contributed by atoms with Gasteiger partial charge in [-0.25, -0.2) is 4.98 Å². The number of nitrogens with zero attached hydrogens (tertiary/aromatic N) is 3. The Kier molecular flexibility index (Phi) is 4.13. The third kappa shape index (κ3) is 2.97. The monoisotopic (exact) mass is 322 g/mol. The molecule has 4 nitrogen and oxygen atoms in total. The Morgan fingerprint density at radius 3 is 2.94 bits per heavy atom. The second-order valence-electron chi connectivity index (χ2n) is 3.46. The molecule has 6 heteroatoms. The molecule has 0 amide bonds. The van der Waals surface area contributed by atoms with Crippen molar-refractivity contribution in [1.82, 2.24) is 9.97 Å². The SMILES string of the molecule is N#Cc1ccccc1CNc1nc(Cl)ncc1Br. The Hall–Kier alpha value is -1.64. The minimum absolute atomic E-state index is 0.175. The normalized spacial score (nSPS) is 9.83. The van der Waals surface area contributed by atoms with Crippen molar-refractivity contribution in [3.8, 4) is 6.07 Å². The van der Waals surface area contributed by atoms with Crippen molar-refractivity contribution in [1.29, 1.82) is 5.26 Å². The van der Waals surface area contributed by atoms with Crippen molar-refractivity contribution in [2.24, 2.45) is 0 Å². The molecule has 0 unspecified atom stereocenters. The highest BCUT2D eigenvalue weighted by molar-refractivity contribution is 9.10. The van der Waals surface area contributed by atoms with Gasteiger partial charge in [-0.15, -0.1) is 0 Å². The Balaban J connectivity index is 2.17. The molecule has 0 saturated heterocycles. The standard InChI is InChI=1S/C12H8BrClN4/c13-10-7-17-12(14)18-11(10)16-6-9-4-2-1-3-8(9)5-15/h1-4,7H,6H2,(H,16,17,18). The number of nitriles is 1. The number of nitrogens with one attached hydrogen (secondary N) is 1. The molecule has 1 N–H and O–H groups in total. The molecule has 0 saturated carbocycles. The second kappa shape index (κ2) is 5.80. The van der Waals surface area contributed by atoms with Gasteiger partial charge >= 0.3 is 0 Å². The van der Waals surface area contributed by atoms with Crippen LogP contribution in [0.2, 0.25) is 5.28 Å². The number of halogens is 2. The van der Waals surface area contributed by atoms with Gasteiger partial charge in [-0.05, 0) is 39.2 Å². The zero-order chi connectivity index (χ0) is 13.0. The summed E-state index contributed by atoms with van der Waals surface area (Å²) in [5.74, 6) is 0.600. The molecule has 0 bridgehead atoms. The van der Waals surface area contributed by atoms with E-state index in [-0.39, 0.29) is 5.28 Å². The third-order valence-corrected chi connectivity index (χ3v) is 3.06. The molecule has 0 aliphatic rings. The molecule has 0 atom stereocenters. The van der Waals surface area contributed by atoms with Gasteiger partial charge in [0.2, 0.25) is 5.28 Å². The topological polar surface area (TPSA) is 61.6 Å². The molecule has 2 rings (SSSR count). The quantitative estimate of drug-likeness (QED) is 0.880. The number of hydrogen-bond donors (Lipinski definition) is 1. The molecule has 1 heterocycles. The summed E-state index contributed by atoms with van der Waals surface area (Å²) in [6.07, 6.45) is 1.58. The summed E-state index contributed by atoms with van der Waals surface area (Å²) in [5, 5.41) is 12.3. The summed E-state index contributed by atoms with van der Waals surface area (Å²) in [4.78, 5) is 7.90. The highest BCUT2D eigenvalue weighted by Crippen LogP contribution is 2.21. The largest absolute Gasteiger partial charge is 0.365 e. The maximum atomic E-state index is 8.98. The first-order valence-corrected chi connectivity index (χ1v) is 6.27. The first-order chi connectivity index (χ1) is 8.70. The lowest BCUT2D eigenvalue weighted by Gasteiger charge is -2.08. The number of aromatic nitrogens is 2. The second-order valence-corrected chi connectivity index (χ2v) is 4.65. The maximum absolute atomic E-state index is 8.98. The summed E-state index contributed by atoms with van der Waals surface area (Å²) in [6.45, 7) is 0.496. The van der Waals surface area contributed by atoms with E-state index in [0.717, 1.165) is 10.0 Å². The number of rotatable bonds is 3. The van der Waals surface area contributed by atoms with Crippen LogP contribution in [0.3, 0.4) is 0 Å². The molecule has 1 aromatic heterocycles. The van der Waals surface area contributed by atoms with E-state index in [2.05, 4.69) is 37.3 Å². The van der Waals surface area contributed by atoms with Crippen LogP contribution in [0.1, 0.15) is 11.1 Å². The van der Waals surface area contributed by atoms with Crippen LogP contribution in [0.5, 0.6) is 0 Å². The molecule has 0 spiro atoms. The van der Waals surface area contributed by atoms with E-state index in [0.29, 0.717) is 17.9 Å². The zero-order valence-corrected chi connectivity index (χ0v) is 11.5. The Morgan fingerprint density at radius 1 is 1.39 bits per heavy atom. The third-order valence-electron chi connectivity index (χ3n) is 2.30. The van der Waals surface area contributed by atoms with E-state index in [4.69, 9.17) is 16.9 Å². The lowest BCUT2D eigenvalue weighted by Crippen LogP contribution is -2.04. The van der Waals surface area contributed by atoms with Crippen LogP contribution in [0.4, 0.5) is 5.82 Å². The van der Waals surface area contributed by atoms with Crippen LogP contribution in [-0.4, -0.2) is 9.97 Å². The van der Waals surface area contributed by atoms with Crippen molar-refractivity contribution in [2.75, 3.05) is 5.32 Å². The van der Waals surface area contributed by atoms with Crippen molar-refractivity contribution >= 4 is 33.3 Å². The predicted octanol–water partition coefficient (Wildman–Crippen LogP) is 3.38. The Bertz CT molecular complexity index is 609. The van der Waals surface area contributed by atoms with E-state index in [1.54, 1.807) is 12.3 Å². The van der Waals surface area contributed by atoms with Crippen molar-refractivity contribution < 1.29 is 0 Å². The highest BCUT2D eigenvalue weighted by Gasteiger charge is 2.05. The van der Waals surface area contributed by atoms with Gasteiger partial charge in [0.1, 0.15) is 5.82 Å². The van der Waals surface area contributed by atoms with Gasteiger partial charge in [-0.1, -0.05) is 18.2 Å². The van der Waals surface area contributed by atoms with Crippen molar-refractivity contribution in [3.63, 3.8) is 0 Å². The van der Waals surface area contributed by atoms with E-state index < -0.39 is 0 Å². The minimum atomic E-state index is 0.175. The molecule has 90 valence electrons. The zero-order valence-electron chi connectivity index (χ0n) is 9.19. The van der Waals surface area contributed by atoms with Gasteiger partial charge in [0.25, 0.3) is 0 Å². The molecule has 2 aromatic rings. The van der Waals surface area contributed by atoms with Crippen LogP contribution in [0.15, 0.2) is 34.9 Å². The molecule has 0 aliphatic carbocycles. The van der Waals surface area contributed by atoms with Gasteiger partial charge in [-0.3, -0.25) is 0 Å².